The number of piperazine rings is 1. The summed E-state index contributed by atoms with van der Waals surface area (Å²) in [6.45, 7) is 6.23. The molecule has 0 aromatic rings. The first-order valence-corrected chi connectivity index (χ1v) is 4.74. The minimum Gasteiger partial charge on any atom is -0.343 e. The van der Waals surface area contributed by atoms with E-state index in [0.717, 1.165) is 13.1 Å². The van der Waals surface area contributed by atoms with Crippen LogP contribution in [0, 0.1) is 0 Å². The van der Waals surface area contributed by atoms with E-state index in [2.05, 4.69) is 11.8 Å². The number of likely N-dealkylation sites (N-methyl/N-ethyl adjacent to an activating group) is 1. The van der Waals surface area contributed by atoms with Crippen LogP contribution in [0.5, 0.6) is 0 Å². The van der Waals surface area contributed by atoms with Crippen molar-refractivity contribution in [1.82, 2.24) is 9.80 Å². The van der Waals surface area contributed by atoms with Crippen molar-refractivity contribution >= 4 is 5.91 Å². The SMILES string of the molecule is CC(N)CN1CC(=O)N(C)CC1C. The van der Waals surface area contributed by atoms with Crippen molar-refractivity contribution in [1.29, 1.82) is 0 Å². The lowest BCUT2D eigenvalue weighted by Gasteiger charge is -2.38. The van der Waals surface area contributed by atoms with Gasteiger partial charge in [0.1, 0.15) is 0 Å². The Balaban J connectivity index is 2.51. The zero-order valence-corrected chi connectivity index (χ0v) is 8.66. The maximum absolute atomic E-state index is 11.4. The smallest absolute Gasteiger partial charge is 0.236 e. The average molecular weight is 185 g/mol. The molecule has 0 bridgehead atoms. The second-order valence-corrected chi connectivity index (χ2v) is 4.03. The third kappa shape index (κ3) is 2.67. The average Bonchev–Trinajstić information content (AvgIpc) is 1.99. The third-order valence-electron chi connectivity index (χ3n) is 2.45. The normalized spacial score (nSPS) is 27.8. The fourth-order valence-corrected chi connectivity index (χ4v) is 1.68. The predicted octanol–water partition coefficient (Wildman–Crippen LogP) is -0.504. The van der Waals surface area contributed by atoms with Gasteiger partial charge in [-0.05, 0) is 13.8 Å². The molecule has 2 atom stereocenters. The van der Waals surface area contributed by atoms with E-state index in [9.17, 15) is 4.79 Å². The molecule has 0 saturated carbocycles. The summed E-state index contributed by atoms with van der Waals surface area (Å²) in [7, 11) is 1.85. The van der Waals surface area contributed by atoms with E-state index in [1.165, 1.54) is 0 Å². The summed E-state index contributed by atoms with van der Waals surface area (Å²) in [5, 5.41) is 0. The highest BCUT2D eigenvalue weighted by Crippen LogP contribution is 2.08. The van der Waals surface area contributed by atoms with Crippen LogP contribution in [0.1, 0.15) is 13.8 Å². The lowest BCUT2D eigenvalue weighted by atomic mass is 10.1. The van der Waals surface area contributed by atoms with Crippen LogP contribution in [0.2, 0.25) is 0 Å². The molecule has 0 aliphatic carbocycles. The summed E-state index contributed by atoms with van der Waals surface area (Å²) < 4.78 is 0. The number of carbonyl (C=O) groups excluding carboxylic acids is 1. The van der Waals surface area contributed by atoms with E-state index in [1.807, 2.05) is 14.0 Å². The summed E-state index contributed by atoms with van der Waals surface area (Å²) >= 11 is 0. The second-order valence-electron chi connectivity index (χ2n) is 4.03. The molecule has 1 saturated heterocycles. The Hall–Kier alpha value is -0.610. The molecule has 0 radical (unpaired) electrons. The van der Waals surface area contributed by atoms with Crippen molar-refractivity contribution in [3.05, 3.63) is 0 Å². The summed E-state index contributed by atoms with van der Waals surface area (Å²) in [6, 6.07) is 0.562. The molecule has 76 valence electrons. The van der Waals surface area contributed by atoms with Crippen LogP contribution < -0.4 is 5.73 Å². The van der Waals surface area contributed by atoms with Crippen LogP contribution in [0.15, 0.2) is 0 Å². The first-order chi connectivity index (χ1) is 6.00. The van der Waals surface area contributed by atoms with Gasteiger partial charge < -0.3 is 10.6 Å². The predicted molar refractivity (Wildman–Crippen MR) is 52.3 cm³/mol. The van der Waals surface area contributed by atoms with Gasteiger partial charge in [0.2, 0.25) is 5.91 Å². The highest BCUT2D eigenvalue weighted by Gasteiger charge is 2.27. The van der Waals surface area contributed by atoms with Crippen LogP contribution in [0.3, 0.4) is 0 Å². The molecule has 0 aromatic heterocycles. The number of hydrogen-bond acceptors (Lipinski definition) is 3. The van der Waals surface area contributed by atoms with Crippen molar-refractivity contribution < 1.29 is 4.79 Å². The Morgan fingerprint density at radius 2 is 2.31 bits per heavy atom. The van der Waals surface area contributed by atoms with Gasteiger partial charge in [-0.1, -0.05) is 0 Å². The van der Waals surface area contributed by atoms with Crippen LogP contribution >= 0.6 is 0 Å². The quantitative estimate of drug-likeness (QED) is 0.631. The summed E-state index contributed by atoms with van der Waals surface area (Å²) in [4.78, 5) is 15.3. The molecule has 4 heteroatoms. The van der Waals surface area contributed by atoms with E-state index in [1.54, 1.807) is 4.90 Å². The largest absolute Gasteiger partial charge is 0.343 e. The Labute approximate surface area is 79.7 Å². The maximum Gasteiger partial charge on any atom is 0.236 e. The van der Waals surface area contributed by atoms with Gasteiger partial charge in [-0.3, -0.25) is 9.69 Å². The molecule has 1 heterocycles. The Morgan fingerprint density at radius 1 is 1.69 bits per heavy atom. The minimum atomic E-state index is 0.138. The first kappa shape index (κ1) is 10.5. The molecule has 0 spiro atoms. The van der Waals surface area contributed by atoms with Crippen molar-refractivity contribution in [3.8, 4) is 0 Å². The Morgan fingerprint density at radius 3 is 2.85 bits per heavy atom. The topological polar surface area (TPSA) is 49.6 Å². The van der Waals surface area contributed by atoms with E-state index in [-0.39, 0.29) is 11.9 Å². The zero-order chi connectivity index (χ0) is 10.0. The van der Waals surface area contributed by atoms with Crippen molar-refractivity contribution in [2.45, 2.75) is 25.9 Å². The standard InChI is InChI=1S/C9H19N3O/c1-7(10)4-12-6-9(13)11(3)5-8(12)2/h7-8H,4-6,10H2,1-3H3. The van der Waals surface area contributed by atoms with Crippen LogP contribution in [-0.4, -0.2) is 54.5 Å². The Bertz CT molecular complexity index is 193. The van der Waals surface area contributed by atoms with Gasteiger partial charge in [0.15, 0.2) is 0 Å². The molecule has 1 amide bonds. The minimum absolute atomic E-state index is 0.138. The second kappa shape index (κ2) is 4.07. The molecule has 13 heavy (non-hydrogen) atoms. The molecule has 0 aromatic carbocycles. The van der Waals surface area contributed by atoms with Crippen molar-refractivity contribution in [2.75, 3.05) is 26.7 Å². The fraction of sp³-hybridized carbons (Fsp3) is 0.889. The zero-order valence-electron chi connectivity index (χ0n) is 8.66. The van der Waals surface area contributed by atoms with Crippen molar-refractivity contribution in [2.24, 2.45) is 5.73 Å². The number of rotatable bonds is 2. The van der Waals surface area contributed by atoms with E-state index in [4.69, 9.17) is 5.73 Å². The van der Waals surface area contributed by atoms with E-state index in [0.29, 0.717) is 12.6 Å². The number of hydrogen-bond donors (Lipinski definition) is 1. The maximum atomic E-state index is 11.4. The number of carbonyl (C=O) groups is 1. The molecule has 1 fully saturated rings. The molecule has 1 aliphatic heterocycles. The van der Waals surface area contributed by atoms with Gasteiger partial charge in [0, 0.05) is 32.2 Å². The third-order valence-corrected chi connectivity index (χ3v) is 2.45. The fourth-order valence-electron chi connectivity index (χ4n) is 1.68. The lowest BCUT2D eigenvalue weighted by molar-refractivity contribution is -0.136. The monoisotopic (exact) mass is 185 g/mol. The molecule has 2 unspecified atom stereocenters. The van der Waals surface area contributed by atoms with Crippen LogP contribution in [-0.2, 0) is 4.79 Å². The summed E-state index contributed by atoms with van der Waals surface area (Å²) in [5.41, 5.74) is 5.70. The molecular formula is C9H19N3O. The lowest BCUT2D eigenvalue weighted by Crippen LogP contribution is -2.55. The molecular weight excluding hydrogens is 166 g/mol. The number of nitrogens with two attached hydrogens (primary N) is 1. The molecule has 1 aliphatic rings. The van der Waals surface area contributed by atoms with E-state index >= 15 is 0 Å². The van der Waals surface area contributed by atoms with Crippen LogP contribution in [0.25, 0.3) is 0 Å². The molecule has 4 nitrogen and oxygen atoms in total. The summed E-state index contributed by atoms with van der Waals surface area (Å²) in [6.07, 6.45) is 0. The van der Waals surface area contributed by atoms with Gasteiger partial charge in [0.25, 0.3) is 0 Å². The first-order valence-electron chi connectivity index (χ1n) is 4.74. The highest BCUT2D eigenvalue weighted by atomic mass is 16.2. The molecule has 1 rings (SSSR count). The van der Waals surface area contributed by atoms with Gasteiger partial charge in [-0.2, -0.15) is 0 Å². The van der Waals surface area contributed by atoms with Gasteiger partial charge in [0.05, 0.1) is 6.54 Å². The van der Waals surface area contributed by atoms with Crippen molar-refractivity contribution in [3.63, 3.8) is 0 Å². The van der Waals surface area contributed by atoms with Crippen LogP contribution in [0.4, 0.5) is 0 Å². The highest BCUT2D eigenvalue weighted by molar-refractivity contribution is 5.78. The molecule has 2 N–H and O–H groups in total. The van der Waals surface area contributed by atoms with Gasteiger partial charge in [-0.25, -0.2) is 0 Å². The van der Waals surface area contributed by atoms with E-state index < -0.39 is 0 Å². The van der Waals surface area contributed by atoms with Gasteiger partial charge >= 0.3 is 0 Å². The number of nitrogens with zero attached hydrogens (tertiary/aromatic N) is 2. The summed E-state index contributed by atoms with van der Waals surface area (Å²) in [5.74, 6) is 0.193. The number of amides is 1. The van der Waals surface area contributed by atoms with Gasteiger partial charge in [-0.15, -0.1) is 0 Å². The Kier molecular flexibility index (Phi) is 3.27.